The van der Waals surface area contributed by atoms with Crippen LogP contribution in [0.5, 0.6) is 5.75 Å². The average Bonchev–Trinajstić information content (AvgIpc) is 2.83. The summed E-state index contributed by atoms with van der Waals surface area (Å²) >= 11 is 12.1. The van der Waals surface area contributed by atoms with Gasteiger partial charge in [-0.2, -0.15) is 0 Å². The highest BCUT2D eigenvalue weighted by molar-refractivity contribution is 6.31. The fourth-order valence-corrected chi connectivity index (χ4v) is 3.04. The highest BCUT2D eigenvalue weighted by Crippen LogP contribution is 2.41. The van der Waals surface area contributed by atoms with Crippen molar-refractivity contribution in [3.05, 3.63) is 51.8 Å². The molecule has 2 aromatic carbocycles. The Hall–Kier alpha value is -1.29. The van der Waals surface area contributed by atoms with E-state index in [9.17, 15) is 4.39 Å². The fraction of sp³-hybridized carbons (Fsp3) is 0.250. The van der Waals surface area contributed by atoms with Gasteiger partial charge in [-0.1, -0.05) is 29.3 Å². The molecule has 1 N–H and O–H groups in total. The van der Waals surface area contributed by atoms with Crippen molar-refractivity contribution in [3.63, 3.8) is 0 Å². The summed E-state index contributed by atoms with van der Waals surface area (Å²) in [6.45, 7) is 0.760. The van der Waals surface area contributed by atoms with E-state index in [0.717, 1.165) is 35.4 Å². The van der Waals surface area contributed by atoms with Crippen LogP contribution in [0.4, 0.5) is 4.39 Å². The maximum atomic E-state index is 13.3. The Kier molecular flexibility index (Phi) is 4.07. The summed E-state index contributed by atoms with van der Waals surface area (Å²) in [5.74, 6) is 0.371. The number of benzene rings is 2. The van der Waals surface area contributed by atoms with E-state index in [0.29, 0.717) is 5.02 Å². The molecule has 0 saturated heterocycles. The molecule has 0 fully saturated rings. The van der Waals surface area contributed by atoms with Crippen LogP contribution in [0.15, 0.2) is 30.3 Å². The quantitative estimate of drug-likeness (QED) is 0.907. The van der Waals surface area contributed by atoms with Crippen LogP contribution in [-0.4, -0.2) is 19.7 Å². The van der Waals surface area contributed by atoms with Gasteiger partial charge in [-0.25, -0.2) is 4.39 Å². The Morgan fingerprint density at radius 1 is 1.29 bits per heavy atom. The zero-order valence-corrected chi connectivity index (χ0v) is 12.9. The molecule has 1 heterocycles. The molecule has 21 heavy (non-hydrogen) atoms. The normalized spacial score (nSPS) is 16.7. The van der Waals surface area contributed by atoms with Gasteiger partial charge in [0.15, 0.2) is 0 Å². The van der Waals surface area contributed by atoms with Gasteiger partial charge in [0.25, 0.3) is 0 Å². The number of fused-ring (bicyclic) bond motifs is 1. The molecule has 0 aliphatic carbocycles. The largest absolute Gasteiger partial charge is 0.488 e. The van der Waals surface area contributed by atoms with Crippen molar-refractivity contribution < 1.29 is 9.13 Å². The molecule has 5 heteroatoms. The van der Waals surface area contributed by atoms with Crippen LogP contribution in [-0.2, 0) is 6.42 Å². The predicted octanol–water partition coefficient (Wildman–Crippen LogP) is 4.32. The molecule has 2 nitrogen and oxygen atoms in total. The minimum atomic E-state index is -0.437. The molecule has 0 saturated carbocycles. The standard InChI is InChI=1S/C16H14Cl2FNO/c1-20-8-12-5-10-4-11(17)7-13(16(10)21-12)9-2-3-15(19)14(18)6-9/h2-4,6-7,12,20H,5,8H2,1H3. The van der Waals surface area contributed by atoms with Gasteiger partial charge in [0.1, 0.15) is 17.7 Å². The molecule has 2 aromatic rings. The molecule has 0 spiro atoms. The summed E-state index contributed by atoms with van der Waals surface area (Å²) in [5, 5.41) is 3.83. The molecular formula is C16H14Cl2FNO. The van der Waals surface area contributed by atoms with Crippen LogP contribution in [0, 0.1) is 5.82 Å². The van der Waals surface area contributed by atoms with Crippen LogP contribution in [0.2, 0.25) is 10.0 Å². The Morgan fingerprint density at radius 3 is 2.81 bits per heavy atom. The Balaban J connectivity index is 2.06. The van der Waals surface area contributed by atoms with Gasteiger partial charge in [0.05, 0.1) is 5.02 Å². The molecule has 110 valence electrons. The smallest absolute Gasteiger partial charge is 0.141 e. The first-order valence-corrected chi connectivity index (χ1v) is 7.43. The minimum Gasteiger partial charge on any atom is -0.488 e. The zero-order chi connectivity index (χ0) is 15.0. The first kappa shape index (κ1) is 14.6. The van der Waals surface area contributed by atoms with Gasteiger partial charge in [0.2, 0.25) is 0 Å². The summed E-state index contributed by atoms with van der Waals surface area (Å²) in [6.07, 6.45) is 0.886. The lowest BCUT2D eigenvalue weighted by molar-refractivity contribution is 0.232. The lowest BCUT2D eigenvalue weighted by Gasteiger charge is -2.13. The molecule has 1 aliphatic rings. The van der Waals surface area contributed by atoms with Crippen molar-refractivity contribution in [2.24, 2.45) is 0 Å². The summed E-state index contributed by atoms with van der Waals surface area (Å²) in [5.41, 5.74) is 2.71. The third-order valence-corrected chi connectivity index (χ3v) is 4.03. The van der Waals surface area contributed by atoms with Gasteiger partial charge in [-0.3, -0.25) is 0 Å². The number of hydrogen-bond donors (Lipinski definition) is 1. The summed E-state index contributed by atoms with van der Waals surface area (Å²) in [4.78, 5) is 0. The van der Waals surface area contributed by atoms with Crippen LogP contribution in [0.1, 0.15) is 5.56 Å². The van der Waals surface area contributed by atoms with E-state index >= 15 is 0 Å². The lowest BCUT2D eigenvalue weighted by Crippen LogP contribution is -2.27. The van der Waals surface area contributed by atoms with Crippen LogP contribution >= 0.6 is 23.2 Å². The highest BCUT2D eigenvalue weighted by Gasteiger charge is 2.26. The zero-order valence-electron chi connectivity index (χ0n) is 11.4. The average molecular weight is 326 g/mol. The van der Waals surface area contributed by atoms with E-state index in [4.69, 9.17) is 27.9 Å². The van der Waals surface area contributed by atoms with E-state index < -0.39 is 5.82 Å². The van der Waals surface area contributed by atoms with Crippen molar-refractivity contribution in [2.75, 3.05) is 13.6 Å². The molecule has 1 atom stereocenters. The van der Waals surface area contributed by atoms with E-state index in [-0.39, 0.29) is 11.1 Å². The second-order valence-corrected chi connectivity index (χ2v) is 5.92. The number of hydrogen-bond acceptors (Lipinski definition) is 2. The predicted molar refractivity (Wildman–Crippen MR) is 83.9 cm³/mol. The minimum absolute atomic E-state index is 0.0816. The maximum Gasteiger partial charge on any atom is 0.141 e. The van der Waals surface area contributed by atoms with Gasteiger partial charge in [-0.15, -0.1) is 0 Å². The van der Waals surface area contributed by atoms with Crippen LogP contribution in [0.3, 0.4) is 0 Å². The molecule has 0 bridgehead atoms. The Labute approximate surface area is 132 Å². The van der Waals surface area contributed by atoms with Gasteiger partial charge >= 0.3 is 0 Å². The number of halogens is 3. The van der Waals surface area contributed by atoms with Crippen molar-refractivity contribution in [1.82, 2.24) is 5.32 Å². The fourth-order valence-electron chi connectivity index (χ4n) is 2.61. The number of ether oxygens (including phenoxy) is 1. The molecule has 3 rings (SSSR count). The van der Waals surface area contributed by atoms with Crippen molar-refractivity contribution >= 4 is 23.2 Å². The van der Waals surface area contributed by atoms with Crippen molar-refractivity contribution in [1.29, 1.82) is 0 Å². The number of nitrogens with one attached hydrogen (secondary N) is 1. The SMILES string of the molecule is CNCC1Cc2cc(Cl)cc(-c3ccc(F)c(Cl)c3)c2O1. The number of rotatable bonds is 3. The van der Waals surface area contributed by atoms with E-state index in [2.05, 4.69) is 5.32 Å². The van der Waals surface area contributed by atoms with Crippen LogP contribution < -0.4 is 10.1 Å². The van der Waals surface area contributed by atoms with Gasteiger partial charge < -0.3 is 10.1 Å². The number of likely N-dealkylation sites (N-methyl/N-ethyl adjacent to an activating group) is 1. The summed E-state index contributed by atoms with van der Waals surface area (Å²) < 4.78 is 19.3. The van der Waals surface area contributed by atoms with E-state index in [1.165, 1.54) is 6.07 Å². The third kappa shape index (κ3) is 2.86. The van der Waals surface area contributed by atoms with Gasteiger partial charge in [0, 0.05) is 23.6 Å². The lowest BCUT2D eigenvalue weighted by atomic mass is 10.0. The van der Waals surface area contributed by atoms with E-state index in [1.807, 2.05) is 19.2 Å². The van der Waals surface area contributed by atoms with Crippen molar-refractivity contribution in [3.8, 4) is 16.9 Å². The third-order valence-electron chi connectivity index (χ3n) is 3.53. The summed E-state index contributed by atoms with van der Waals surface area (Å²) in [7, 11) is 1.89. The first-order chi connectivity index (χ1) is 10.1. The molecule has 0 amide bonds. The molecule has 0 aromatic heterocycles. The first-order valence-electron chi connectivity index (χ1n) is 6.67. The maximum absolute atomic E-state index is 13.3. The Bertz CT molecular complexity index is 690. The highest BCUT2D eigenvalue weighted by atomic mass is 35.5. The Morgan fingerprint density at radius 2 is 2.10 bits per heavy atom. The summed E-state index contributed by atoms with van der Waals surface area (Å²) in [6, 6.07) is 8.37. The molecule has 1 aliphatic heterocycles. The molecular weight excluding hydrogens is 312 g/mol. The second kappa shape index (κ2) is 5.84. The van der Waals surface area contributed by atoms with E-state index in [1.54, 1.807) is 12.1 Å². The molecule has 1 unspecified atom stereocenters. The molecule has 0 radical (unpaired) electrons. The van der Waals surface area contributed by atoms with Crippen molar-refractivity contribution in [2.45, 2.75) is 12.5 Å². The topological polar surface area (TPSA) is 21.3 Å². The van der Waals surface area contributed by atoms with Gasteiger partial charge in [-0.05, 0) is 42.4 Å². The monoisotopic (exact) mass is 325 g/mol. The second-order valence-electron chi connectivity index (χ2n) is 5.07. The van der Waals surface area contributed by atoms with Crippen LogP contribution in [0.25, 0.3) is 11.1 Å².